The third-order valence-corrected chi connectivity index (χ3v) is 5.39. The van der Waals surface area contributed by atoms with E-state index in [0.29, 0.717) is 17.5 Å². The van der Waals surface area contributed by atoms with Gasteiger partial charge in [0.25, 0.3) is 5.91 Å². The summed E-state index contributed by atoms with van der Waals surface area (Å²) in [4.78, 5) is 32.5. The molecule has 2 aliphatic heterocycles. The predicted molar refractivity (Wildman–Crippen MR) is 115 cm³/mol. The Bertz CT molecular complexity index is 1020. The maximum atomic E-state index is 12.6. The summed E-state index contributed by atoms with van der Waals surface area (Å²) in [7, 11) is 1.62. The fraction of sp³-hybridized carbons (Fsp3) is 0.238. The number of hydrogen-bond donors (Lipinski definition) is 2. The standard InChI is InChI=1S/C21H21ClN6O2/c1-13(15-6-4-3-5-7-15)25-26-20-23-18-17(19(29)24-21(30)27(18)2)28(20)12-14-8-10-16(22)11-9-14/h3-11,17-18H,12H2,1-2H3,(H,23,26)(H,24,29,30)/b25-13-. The fourth-order valence-corrected chi connectivity index (χ4v) is 3.58. The molecule has 2 aromatic rings. The van der Waals surface area contributed by atoms with Crippen LogP contribution in [0.2, 0.25) is 5.02 Å². The molecule has 2 aliphatic rings. The van der Waals surface area contributed by atoms with Crippen molar-refractivity contribution in [1.82, 2.24) is 20.5 Å². The van der Waals surface area contributed by atoms with Gasteiger partial charge in [-0.2, -0.15) is 5.10 Å². The van der Waals surface area contributed by atoms with Crippen LogP contribution >= 0.6 is 11.6 Å². The Morgan fingerprint density at radius 3 is 2.57 bits per heavy atom. The number of benzene rings is 2. The molecule has 0 aromatic heterocycles. The van der Waals surface area contributed by atoms with E-state index in [4.69, 9.17) is 11.6 Å². The third kappa shape index (κ3) is 3.86. The van der Waals surface area contributed by atoms with Gasteiger partial charge in [-0.15, -0.1) is 0 Å². The van der Waals surface area contributed by atoms with Gasteiger partial charge in [-0.1, -0.05) is 54.1 Å². The molecule has 154 valence electrons. The molecule has 2 N–H and O–H groups in total. The van der Waals surface area contributed by atoms with Crippen LogP contribution in [-0.4, -0.2) is 52.7 Å². The average Bonchev–Trinajstić information content (AvgIpc) is 3.11. The van der Waals surface area contributed by atoms with Crippen molar-refractivity contribution in [2.75, 3.05) is 7.05 Å². The Morgan fingerprint density at radius 2 is 1.87 bits per heavy atom. The van der Waals surface area contributed by atoms with Gasteiger partial charge in [0.05, 0.1) is 5.71 Å². The highest BCUT2D eigenvalue weighted by atomic mass is 35.5. The number of amides is 3. The molecule has 0 aliphatic carbocycles. The zero-order valence-corrected chi connectivity index (χ0v) is 17.3. The topological polar surface area (TPSA) is 89.4 Å². The van der Waals surface area contributed by atoms with Crippen LogP contribution in [0, 0.1) is 0 Å². The number of carbonyl (C=O) groups excluding carboxylic acids is 2. The normalized spacial score (nSPS) is 21.3. The van der Waals surface area contributed by atoms with Crippen LogP contribution < -0.4 is 10.7 Å². The Morgan fingerprint density at radius 1 is 1.17 bits per heavy atom. The van der Waals surface area contributed by atoms with Crippen LogP contribution in [0.1, 0.15) is 18.1 Å². The van der Waals surface area contributed by atoms with E-state index in [2.05, 4.69) is 20.8 Å². The number of aliphatic imine (C=N–C) groups is 1. The molecular formula is C21H21ClN6O2. The summed E-state index contributed by atoms with van der Waals surface area (Å²) in [5, 5.41) is 7.47. The molecule has 2 atom stereocenters. The first kappa shape index (κ1) is 19.9. The van der Waals surface area contributed by atoms with Crippen LogP contribution in [-0.2, 0) is 11.3 Å². The van der Waals surface area contributed by atoms with Crippen LogP contribution in [0.25, 0.3) is 0 Å². The fourth-order valence-electron chi connectivity index (χ4n) is 3.46. The summed E-state index contributed by atoms with van der Waals surface area (Å²) in [6, 6.07) is 16.0. The number of hydrogen-bond acceptors (Lipinski definition) is 6. The number of nitrogens with one attached hydrogen (secondary N) is 2. The van der Waals surface area contributed by atoms with Crippen LogP contribution in [0.4, 0.5) is 4.79 Å². The molecule has 30 heavy (non-hydrogen) atoms. The minimum absolute atomic E-state index is 0.388. The van der Waals surface area contributed by atoms with Gasteiger partial charge >= 0.3 is 6.03 Å². The van der Waals surface area contributed by atoms with Crippen molar-refractivity contribution >= 4 is 35.2 Å². The van der Waals surface area contributed by atoms with Gasteiger partial charge in [0, 0.05) is 18.6 Å². The van der Waals surface area contributed by atoms with E-state index in [-0.39, 0.29) is 5.91 Å². The number of nitrogens with zero attached hydrogens (tertiary/aromatic N) is 4. The van der Waals surface area contributed by atoms with Crippen molar-refractivity contribution in [1.29, 1.82) is 0 Å². The molecule has 9 heteroatoms. The SMILES string of the molecule is C/C(=N/NC1=NC2C(C(=O)NC(=O)N2C)N1Cc1ccc(Cl)cc1)c1ccccc1. The minimum Gasteiger partial charge on any atom is -0.321 e. The van der Waals surface area contributed by atoms with E-state index < -0.39 is 18.2 Å². The molecule has 0 saturated carbocycles. The Balaban J connectivity index is 1.63. The number of imide groups is 1. The van der Waals surface area contributed by atoms with Crippen molar-refractivity contribution < 1.29 is 9.59 Å². The molecule has 4 rings (SSSR count). The molecule has 8 nitrogen and oxygen atoms in total. The maximum Gasteiger partial charge on any atom is 0.325 e. The van der Waals surface area contributed by atoms with Gasteiger partial charge < -0.3 is 9.80 Å². The Labute approximate surface area is 179 Å². The number of urea groups is 1. The highest BCUT2D eigenvalue weighted by molar-refractivity contribution is 6.30. The third-order valence-electron chi connectivity index (χ3n) is 5.14. The summed E-state index contributed by atoms with van der Waals surface area (Å²) in [5.74, 6) is 0.0355. The van der Waals surface area contributed by atoms with E-state index in [9.17, 15) is 9.59 Å². The second-order valence-electron chi connectivity index (χ2n) is 7.15. The summed E-state index contributed by atoms with van der Waals surface area (Å²) in [6.07, 6.45) is -0.631. The lowest BCUT2D eigenvalue weighted by atomic mass is 10.1. The molecule has 1 fully saturated rings. The number of guanidine groups is 1. The van der Waals surface area contributed by atoms with Crippen molar-refractivity contribution in [2.24, 2.45) is 10.1 Å². The minimum atomic E-state index is -0.655. The lowest BCUT2D eigenvalue weighted by Gasteiger charge is -2.36. The molecule has 0 spiro atoms. The van der Waals surface area contributed by atoms with E-state index in [1.807, 2.05) is 54.3 Å². The zero-order valence-electron chi connectivity index (χ0n) is 16.5. The number of likely N-dealkylation sites (N-methyl/N-ethyl adjacent to an activating group) is 1. The summed E-state index contributed by atoms with van der Waals surface area (Å²) in [6.45, 7) is 2.29. The van der Waals surface area contributed by atoms with E-state index in [1.54, 1.807) is 19.2 Å². The Kier molecular flexibility index (Phi) is 5.41. The maximum absolute atomic E-state index is 12.6. The smallest absolute Gasteiger partial charge is 0.321 e. The van der Waals surface area contributed by atoms with Crippen LogP contribution in [0.15, 0.2) is 64.7 Å². The second kappa shape index (κ2) is 8.16. The first-order chi connectivity index (χ1) is 14.4. The lowest BCUT2D eigenvalue weighted by Crippen LogP contribution is -2.63. The molecule has 0 radical (unpaired) electrons. The predicted octanol–water partition coefficient (Wildman–Crippen LogP) is 2.40. The molecular weight excluding hydrogens is 404 g/mol. The number of carbonyl (C=O) groups is 2. The number of rotatable bonds is 4. The largest absolute Gasteiger partial charge is 0.325 e. The first-order valence-electron chi connectivity index (χ1n) is 9.46. The number of halogens is 1. The van der Waals surface area contributed by atoms with Gasteiger partial charge in [-0.3, -0.25) is 10.1 Å². The van der Waals surface area contributed by atoms with E-state index >= 15 is 0 Å². The van der Waals surface area contributed by atoms with Gasteiger partial charge in [0.1, 0.15) is 0 Å². The number of hydrazone groups is 1. The van der Waals surface area contributed by atoms with E-state index in [1.165, 1.54) is 4.90 Å². The first-order valence-corrected chi connectivity index (χ1v) is 9.84. The van der Waals surface area contributed by atoms with Crippen molar-refractivity contribution in [3.05, 3.63) is 70.7 Å². The van der Waals surface area contributed by atoms with Gasteiger partial charge in [0.2, 0.25) is 5.96 Å². The molecule has 3 amide bonds. The molecule has 2 heterocycles. The highest BCUT2D eigenvalue weighted by Crippen LogP contribution is 2.25. The second-order valence-corrected chi connectivity index (χ2v) is 7.58. The molecule has 0 bridgehead atoms. The summed E-state index contributed by atoms with van der Waals surface area (Å²) in [5.41, 5.74) is 5.68. The molecule has 1 saturated heterocycles. The highest BCUT2D eigenvalue weighted by Gasteiger charge is 2.48. The van der Waals surface area contributed by atoms with Gasteiger partial charge in [0.15, 0.2) is 12.2 Å². The van der Waals surface area contributed by atoms with Crippen molar-refractivity contribution in [3.63, 3.8) is 0 Å². The molecule has 2 unspecified atom stereocenters. The zero-order chi connectivity index (χ0) is 21.3. The lowest BCUT2D eigenvalue weighted by molar-refractivity contribution is -0.127. The van der Waals surface area contributed by atoms with Crippen molar-refractivity contribution in [2.45, 2.75) is 25.7 Å². The quantitative estimate of drug-likeness (QED) is 0.582. The van der Waals surface area contributed by atoms with E-state index in [0.717, 1.165) is 16.8 Å². The van der Waals surface area contributed by atoms with Gasteiger partial charge in [-0.05, 0) is 30.2 Å². The average molecular weight is 425 g/mol. The van der Waals surface area contributed by atoms with Crippen LogP contribution in [0.5, 0.6) is 0 Å². The number of fused-ring (bicyclic) bond motifs is 1. The van der Waals surface area contributed by atoms with Crippen molar-refractivity contribution in [3.8, 4) is 0 Å². The van der Waals surface area contributed by atoms with Crippen LogP contribution in [0.3, 0.4) is 0 Å². The Hall–Kier alpha value is -3.39. The molecule has 2 aromatic carbocycles. The summed E-state index contributed by atoms with van der Waals surface area (Å²) < 4.78 is 0. The van der Waals surface area contributed by atoms with Gasteiger partial charge in [-0.25, -0.2) is 15.2 Å². The monoisotopic (exact) mass is 424 g/mol. The summed E-state index contributed by atoms with van der Waals surface area (Å²) >= 11 is 5.99.